The molecular formula is C15H20N4O2. The van der Waals surface area contributed by atoms with Crippen molar-refractivity contribution in [2.45, 2.75) is 18.9 Å². The number of carbonyl (C=O) groups excluding carboxylic acids is 1. The molecule has 2 heterocycles. The maximum atomic E-state index is 11.8. The molecule has 0 aliphatic carbocycles. The van der Waals surface area contributed by atoms with Crippen LogP contribution in [0.5, 0.6) is 0 Å². The lowest BCUT2D eigenvalue weighted by molar-refractivity contribution is 0.0603. The Morgan fingerprint density at radius 3 is 2.86 bits per heavy atom. The molecule has 0 radical (unpaired) electrons. The van der Waals surface area contributed by atoms with Crippen LogP contribution < -0.4 is 10.2 Å². The SMILES string of the molecule is CNC1CCN(c2ccc(C(=O)OC)c3[nH]ncc23)CC1. The third-order valence-corrected chi connectivity index (χ3v) is 4.24. The van der Waals surface area contributed by atoms with E-state index in [1.807, 2.05) is 19.2 Å². The standard InChI is InChI=1S/C15H20N4O2/c1-16-10-5-7-19(8-6-10)13-4-3-11(15(20)21-2)14-12(13)9-17-18-14/h3-4,9-10,16H,5-8H2,1-2H3,(H,17,18). The maximum absolute atomic E-state index is 11.8. The first-order valence-electron chi connectivity index (χ1n) is 7.21. The van der Waals surface area contributed by atoms with Crippen LogP contribution in [0.1, 0.15) is 23.2 Å². The Kier molecular flexibility index (Phi) is 3.79. The number of carbonyl (C=O) groups is 1. The number of ether oxygens (including phenoxy) is 1. The molecule has 0 bridgehead atoms. The van der Waals surface area contributed by atoms with E-state index in [4.69, 9.17) is 4.74 Å². The molecule has 6 heteroatoms. The average Bonchev–Trinajstić information content (AvgIpc) is 3.03. The highest BCUT2D eigenvalue weighted by Gasteiger charge is 2.22. The van der Waals surface area contributed by atoms with Crippen molar-refractivity contribution in [2.75, 3.05) is 32.1 Å². The van der Waals surface area contributed by atoms with Crippen LogP contribution in [-0.4, -0.2) is 49.5 Å². The summed E-state index contributed by atoms with van der Waals surface area (Å²) in [5.74, 6) is -0.343. The highest BCUT2D eigenvalue weighted by atomic mass is 16.5. The van der Waals surface area contributed by atoms with Gasteiger partial charge < -0.3 is 15.0 Å². The van der Waals surface area contributed by atoms with E-state index in [-0.39, 0.29) is 5.97 Å². The first-order chi connectivity index (χ1) is 10.2. The van der Waals surface area contributed by atoms with Crippen LogP contribution in [0.4, 0.5) is 5.69 Å². The number of anilines is 1. The molecule has 2 aromatic rings. The summed E-state index contributed by atoms with van der Waals surface area (Å²) in [4.78, 5) is 14.2. The maximum Gasteiger partial charge on any atom is 0.340 e. The Bertz CT molecular complexity index is 644. The summed E-state index contributed by atoms with van der Waals surface area (Å²) >= 11 is 0. The summed E-state index contributed by atoms with van der Waals surface area (Å²) in [5.41, 5.74) is 2.40. The second-order valence-corrected chi connectivity index (χ2v) is 5.33. The fourth-order valence-electron chi connectivity index (χ4n) is 2.99. The van der Waals surface area contributed by atoms with Gasteiger partial charge in [0, 0.05) is 30.2 Å². The van der Waals surface area contributed by atoms with Crippen LogP contribution in [0.25, 0.3) is 10.9 Å². The number of piperidine rings is 1. The van der Waals surface area contributed by atoms with Crippen LogP contribution in [0, 0.1) is 0 Å². The van der Waals surface area contributed by atoms with Gasteiger partial charge in [-0.3, -0.25) is 5.10 Å². The number of hydrogen-bond donors (Lipinski definition) is 2. The summed E-state index contributed by atoms with van der Waals surface area (Å²) in [6, 6.07) is 4.39. The van der Waals surface area contributed by atoms with E-state index >= 15 is 0 Å². The molecule has 1 saturated heterocycles. The zero-order chi connectivity index (χ0) is 14.8. The number of esters is 1. The van der Waals surface area contributed by atoms with Crippen molar-refractivity contribution in [1.82, 2.24) is 15.5 Å². The molecule has 1 aliphatic heterocycles. The molecule has 6 nitrogen and oxygen atoms in total. The minimum atomic E-state index is -0.343. The molecule has 1 fully saturated rings. The van der Waals surface area contributed by atoms with Crippen molar-refractivity contribution < 1.29 is 9.53 Å². The van der Waals surface area contributed by atoms with E-state index < -0.39 is 0 Å². The number of rotatable bonds is 3. The lowest BCUT2D eigenvalue weighted by Gasteiger charge is -2.33. The van der Waals surface area contributed by atoms with Gasteiger partial charge in [0.15, 0.2) is 0 Å². The van der Waals surface area contributed by atoms with E-state index in [1.54, 1.807) is 6.20 Å². The van der Waals surface area contributed by atoms with Gasteiger partial charge >= 0.3 is 5.97 Å². The highest BCUT2D eigenvalue weighted by Crippen LogP contribution is 2.30. The molecule has 0 amide bonds. The van der Waals surface area contributed by atoms with Crippen LogP contribution >= 0.6 is 0 Å². The third kappa shape index (κ3) is 2.47. The van der Waals surface area contributed by atoms with Gasteiger partial charge in [0.2, 0.25) is 0 Å². The topological polar surface area (TPSA) is 70.2 Å². The van der Waals surface area contributed by atoms with Crippen molar-refractivity contribution in [3.63, 3.8) is 0 Å². The van der Waals surface area contributed by atoms with Crippen molar-refractivity contribution in [3.8, 4) is 0 Å². The molecule has 0 atom stereocenters. The van der Waals surface area contributed by atoms with E-state index in [2.05, 4.69) is 20.4 Å². The van der Waals surface area contributed by atoms with Gasteiger partial charge in [-0.1, -0.05) is 0 Å². The zero-order valence-electron chi connectivity index (χ0n) is 12.3. The molecule has 1 aromatic heterocycles. The lowest BCUT2D eigenvalue weighted by atomic mass is 10.0. The first-order valence-corrected chi connectivity index (χ1v) is 7.21. The average molecular weight is 288 g/mol. The summed E-state index contributed by atoms with van der Waals surface area (Å²) in [5, 5.41) is 11.3. The molecule has 2 N–H and O–H groups in total. The highest BCUT2D eigenvalue weighted by molar-refractivity contribution is 6.06. The van der Waals surface area contributed by atoms with Crippen molar-refractivity contribution >= 4 is 22.6 Å². The number of aromatic nitrogens is 2. The summed E-state index contributed by atoms with van der Waals surface area (Å²) < 4.78 is 4.82. The van der Waals surface area contributed by atoms with Crippen LogP contribution in [0.15, 0.2) is 18.3 Å². The minimum Gasteiger partial charge on any atom is -0.465 e. The summed E-state index contributed by atoms with van der Waals surface area (Å²) in [6.45, 7) is 2.01. The van der Waals surface area contributed by atoms with E-state index in [0.29, 0.717) is 11.6 Å². The van der Waals surface area contributed by atoms with E-state index in [9.17, 15) is 4.79 Å². The molecule has 1 aromatic carbocycles. The predicted molar refractivity (Wildman–Crippen MR) is 81.7 cm³/mol. The fraction of sp³-hybridized carbons (Fsp3) is 0.467. The number of fused-ring (bicyclic) bond motifs is 1. The number of benzene rings is 1. The number of nitrogens with zero attached hydrogens (tertiary/aromatic N) is 2. The molecule has 0 saturated carbocycles. The van der Waals surface area contributed by atoms with Gasteiger partial charge in [-0.05, 0) is 32.0 Å². The fourth-order valence-corrected chi connectivity index (χ4v) is 2.99. The van der Waals surface area contributed by atoms with Crippen molar-refractivity contribution in [2.24, 2.45) is 0 Å². The monoisotopic (exact) mass is 288 g/mol. The molecule has 0 unspecified atom stereocenters. The number of H-pyrrole nitrogens is 1. The molecule has 0 spiro atoms. The predicted octanol–water partition coefficient (Wildman–Crippen LogP) is 1.54. The number of nitrogens with one attached hydrogen (secondary N) is 2. The van der Waals surface area contributed by atoms with E-state index in [1.165, 1.54) is 7.11 Å². The summed E-state index contributed by atoms with van der Waals surface area (Å²) in [6.07, 6.45) is 4.02. The molecule has 3 rings (SSSR count). The van der Waals surface area contributed by atoms with Gasteiger partial charge in [0.25, 0.3) is 0 Å². The van der Waals surface area contributed by atoms with Gasteiger partial charge in [-0.2, -0.15) is 5.10 Å². The molecule has 112 valence electrons. The van der Waals surface area contributed by atoms with E-state index in [0.717, 1.165) is 42.5 Å². The summed E-state index contributed by atoms with van der Waals surface area (Å²) in [7, 11) is 3.40. The molecular weight excluding hydrogens is 268 g/mol. The first kappa shape index (κ1) is 13.9. The van der Waals surface area contributed by atoms with Crippen molar-refractivity contribution in [1.29, 1.82) is 0 Å². The number of hydrogen-bond acceptors (Lipinski definition) is 5. The Morgan fingerprint density at radius 1 is 1.43 bits per heavy atom. The third-order valence-electron chi connectivity index (χ3n) is 4.24. The van der Waals surface area contributed by atoms with Gasteiger partial charge in [0.05, 0.1) is 24.4 Å². The van der Waals surface area contributed by atoms with Crippen LogP contribution in [0.2, 0.25) is 0 Å². The molecule has 21 heavy (non-hydrogen) atoms. The second-order valence-electron chi connectivity index (χ2n) is 5.33. The van der Waals surface area contributed by atoms with Crippen molar-refractivity contribution in [3.05, 3.63) is 23.9 Å². The normalized spacial score (nSPS) is 16.4. The number of methoxy groups -OCH3 is 1. The van der Waals surface area contributed by atoms with Gasteiger partial charge in [0.1, 0.15) is 0 Å². The Hall–Kier alpha value is -2.08. The number of aromatic amines is 1. The Labute approximate surface area is 123 Å². The second kappa shape index (κ2) is 5.73. The minimum absolute atomic E-state index is 0.343. The molecule has 1 aliphatic rings. The Balaban J connectivity index is 1.94. The largest absolute Gasteiger partial charge is 0.465 e. The zero-order valence-corrected chi connectivity index (χ0v) is 12.3. The van der Waals surface area contributed by atoms with Crippen LogP contribution in [-0.2, 0) is 4.74 Å². The lowest BCUT2D eigenvalue weighted by Crippen LogP contribution is -2.41. The smallest absolute Gasteiger partial charge is 0.340 e. The Morgan fingerprint density at radius 2 is 2.19 bits per heavy atom. The van der Waals surface area contributed by atoms with Gasteiger partial charge in [-0.15, -0.1) is 0 Å². The quantitative estimate of drug-likeness (QED) is 0.838. The van der Waals surface area contributed by atoms with Gasteiger partial charge in [-0.25, -0.2) is 4.79 Å². The van der Waals surface area contributed by atoms with Crippen LogP contribution in [0.3, 0.4) is 0 Å².